The van der Waals surface area contributed by atoms with Crippen LogP contribution in [0.3, 0.4) is 0 Å². The number of hydrogen-bond acceptors (Lipinski definition) is 5. The van der Waals surface area contributed by atoms with Gasteiger partial charge in [-0.2, -0.15) is 0 Å². The lowest BCUT2D eigenvalue weighted by Gasteiger charge is -2.04. The van der Waals surface area contributed by atoms with Gasteiger partial charge < -0.3 is 10.1 Å². The number of aryl methyl sites for hydroxylation is 1. The summed E-state index contributed by atoms with van der Waals surface area (Å²) in [7, 11) is 1.57. The van der Waals surface area contributed by atoms with Gasteiger partial charge in [0.25, 0.3) is 11.8 Å². The number of rotatable bonds is 6. The molecule has 3 rings (SSSR count). The van der Waals surface area contributed by atoms with Crippen LogP contribution < -0.4 is 15.4 Å². The topological polar surface area (TPSA) is 80.3 Å². The van der Waals surface area contributed by atoms with Gasteiger partial charge in [-0.15, -0.1) is 11.3 Å². The van der Waals surface area contributed by atoms with Gasteiger partial charge in [-0.3, -0.25) is 14.9 Å². The smallest absolute Gasteiger partial charge is 0.271 e. The molecule has 3 aromatic rings. The molecule has 138 valence electrons. The van der Waals surface area contributed by atoms with E-state index in [-0.39, 0.29) is 17.5 Å². The second-order valence-electron chi connectivity index (χ2n) is 5.89. The van der Waals surface area contributed by atoms with Gasteiger partial charge in [0, 0.05) is 17.5 Å². The molecule has 1 aromatic heterocycles. The molecule has 0 spiro atoms. The van der Waals surface area contributed by atoms with Crippen LogP contribution in [-0.2, 0) is 6.54 Å². The van der Waals surface area contributed by atoms with Crippen LogP contribution in [0.2, 0.25) is 0 Å². The lowest BCUT2D eigenvalue weighted by Crippen LogP contribution is -2.23. The van der Waals surface area contributed by atoms with E-state index in [1.54, 1.807) is 36.8 Å². The number of hydrogen-bond donors (Lipinski definition) is 2. The first-order chi connectivity index (χ1) is 13.0. The van der Waals surface area contributed by atoms with Crippen LogP contribution in [0.15, 0.2) is 53.9 Å². The molecule has 7 heteroatoms. The Morgan fingerprint density at radius 1 is 1.04 bits per heavy atom. The zero-order valence-electron chi connectivity index (χ0n) is 15.0. The SMILES string of the molecule is COc1ccc(C(=O)Nc2nc(C(=O)NCc3ccc(C)cc3)cs2)cc1. The number of benzene rings is 2. The molecule has 0 atom stereocenters. The number of carbonyl (C=O) groups is 2. The van der Waals surface area contributed by atoms with E-state index >= 15 is 0 Å². The number of methoxy groups -OCH3 is 1. The molecule has 2 N–H and O–H groups in total. The molecule has 2 amide bonds. The second kappa shape index (κ2) is 8.46. The van der Waals surface area contributed by atoms with Crippen LogP contribution in [0.25, 0.3) is 0 Å². The van der Waals surface area contributed by atoms with Crippen molar-refractivity contribution in [3.8, 4) is 5.75 Å². The van der Waals surface area contributed by atoms with Gasteiger partial charge in [0.15, 0.2) is 5.13 Å². The lowest BCUT2D eigenvalue weighted by molar-refractivity contribution is 0.0945. The minimum absolute atomic E-state index is 0.275. The summed E-state index contributed by atoms with van der Waals surface area (Å²) in [5.41, 5.74) is 2.94. The maximum Gasteiger partial charge on any atom is 0.271 e. The van der Waals surface area contributed by atoms with Gasteiger partial charge in [-0.1, -0.05) is 29.8 Å². The Bertz CT molecular complexity index is 934. The Balaban J connectivity index is 1.57. The summed E-state index contributed by atoms with van der Waals surface area (Å²) in [5, 5.41) is 7.51. The number of ether oxygens (including phenoxy) is 1. The highest BCUT2D eigenvalue weighted by atomic mass is 32.1. The number of aromatic nitrogens is 1. The van der Waals surface area contributed by atoms with Crippen molar-refractivity contribution in [1.82, 2.24) is 10.3 Å². The number of nitrogens with one attached hydrogen (secondary N) is 2. The van der Waals surface area contributed by atoms with Crippen molar-refractivity contribution in [3.63, 3.8) is 0 Å². The van der Waals surface area contributed by atoms with E-state index in [0.717, 1.165) is 5.56 Å². The molecule has 0 aliphatic heterocycles. The zero-order valence-corrected chi connectivity index (χ0v) is 15.8. The van der Waals surface area contributed by atoms with Gasteiger partial charge in [-0.05, 0) is 36.8 Å². The Labute approximate surface area is 161 Å². The summed E-state index contributed by atoms with van der Waals surface area (Å²) < 4.78 is 5.07. The van der Waals surface area contributed by atoms with Gasteiger partial charge in [0.2, 0.25) is 0 Å². The summed E-state index contributed by atoms with van der Waals surface area (Å²) in [6.07, 6.45) is 0. The number of anilines is 1. The Morgan fingerprint density at radius 3 is 2.41 bits per heavy atom. The first kappa shape index (κ1) is 18.6. The predicted molar refractivity (Wildman–Crippen MR) is 105 cm³/mol. The van der Waals surface area contributed by atoms with Crippen molar-refractivity contribution in [2.45, 2.75) is 13.5 Å². The molecule has 0 unspecified atom stereocenters. The van der Waals surface area contributed by atoms with Crippen molar-refractivity contribution in [2.75, 3.05) is 12.4 Å². The Hall–Kier alpha value is -3.19. The van der Waals surface area contributed by atoms with Crippen molar-refractivity contribution < 1.29 is 14.3 Å². The summed E-state index contributed by atoms with van der Waals surface area (Å²) in [6.45, 7) is 2.43. The third kappa shape index (κ3) is 4.92. The van der Waals surface area contributed by atoms with Crippen molar-refractivity contribution >= 4 is 28.3 Å². The molecular formula is C20H19N3O3S. The van der Waals surface area contributed by atoms with Crippen LogP contribution in [0.1, 0.15) is 32.0 Å². The fourth-order valence-electron chi connectivity index (χ4n) is 2.33. The average molecular weight is 381 g/mol. The highest BCUT2D eigenvalue weighted by molar-refractivity contribution is 7.14. The molecule has 6 nitrogen and oxygen atoms in total. The first-order valence-electron chi connectivity index (χ1n) is 8.30. The second-order valence-corrected chi connectivity index (χ2v) is 6.75. The lowest BCUT2D eigenvalue weighted by atomic mass is 10.1. The molecule has 0 aliphatic rings. The van der Waals surface area contributed by atoms with Crippen molar-refractivity contribution in [3.05, 3.63) is 76.3 Å². The predicted octanol–water partition coefficient (Wildman–Crippen LogP) is 3.64. The van der Waals surface area contributed by atoms with Crippen LogP contribution in [0.5, 0.6) is 5.75 Å². The normalized spacial score (nSPS) is 10.3. The average Bonchev–Trinajstić information content (AvgIpc) is 3.16. The van der Waals surface area contributed by atoms with E-state index in [2.05, 4.69) is 15.6 Å². The van der Waals surface area contributed by atoms with Gasteiger partial charge >= 0.3 is 0 Å². The summed E-state index contributed by atoms with van der Waals surface area (Å²) in [4.78, 5) is 28.7. The molecule has 0 saturated heterocycles. The molecular weight excluding hydrogens is 362 g/mol. The van der Waals surface area contributed by atoms with Crippen molar-refractivity contribution in [2.24, 2.45) is 0 Å². The molecule has 0 aliphatic carbocycles. The van der Waals surface area contributed by atoms with Crippen LogP contribution in [0, 0.1) is 6.92 Å². The van der Waals surface area contributed by atoms with Crippen LogP contribution >= 0.6 is 11.3 Å². The zero-order chi connectivity index (χ0) is 19.2. The number of carbonyl (C=O) groups excluding carboxylic acids is 2. The van der Waals surface area contributed by atoms with E-state index in [1.165, 1.54) is 16.9 Å². The first-order valence-corrected chi connectivity index (χ1v) is 9.18. The van der Waals surface area contributed by atoms with Crippen LogP contribution in [0.4, 0.5) is 5.13 Å². The van der Waals surface area contributed by atoms with Gasteiger partial charge in [-0.25, -0.2) is 4.98 Å². The Kier molecular flexibility index (Phi) is 5.83. The van der Waals surface area contributed by atoms with Crippen LogP contribution in [-0.4, -0.2) is 23.9 Å². The number of thiazole rings is 1. The third-order valence-corrected chi connectivity index (χ3v) is 4.64. The summed E-state index contributed by atoms with van der Waals surface area (Å²) in [5.74, 6) is 0.101. The summed E-state index contributed by atoms with van der Waals surface area (Å²) >= 11 is 1.20. The van der Waals surface area contributed by atoms with E-state index in [9.17, 15) is 9.59 Å². The molecule has 0 fully saturated rings. The molecule has 0 bridgehead atoms. The van der Waals surface area contributed by atoms with E-state index < -0.39 is 0 Å². The molecule has 0 saturated carbocycles. The minimum Gasteiger partial charge on any atom is -0.497 e. The standard InChI is InChI=1S/C20H19N3O3S/c1-13-3-5-14(6-4-13)11-21-19(25)17-12-27-20(22-17)23-18(24)15-7-9-16(26-2)10-8-15/h3-10,12H,11H2,1-2H3,(H,21,25)(H,22,23,24). The van der Waals surface area contributed by atoms with Crippen molar-refractivity contribution in [1.29, 1.82) is 0 Å². The summed E-state index contributed by atoms with van der Waals surface area (Å²) in [6, 6.07) is 14.7. The highest BCUT2D eigenvalue weighted by Crippen LogP contribution is 2.18. The Morgan fingerprint density at radius 2 is 1.74 bits per heavy atom. The maximum absolute atomic E-state index is 12.2. The van der Waals surface area contributed by atoms with Gasteiger partial charge in [0.1, 0.15) is 11.4 Å². The fourth-order valence-corrected chi connectivity index (χ4v) is 3.01. The monoisotopic (exact) mass is 381 g/mol. The number of nitrogens with zero attached hydrogens (tertiary/aromatic N) is 1. The molecule has 0 radical (unpaired) electrons. The molecule has 2 aromatic carbocycles. The quantitative estimate of drug-likeness (QED) is 0.683. The van der Waals surface area contributed by atoms with Gasteiger partial charge in [0.05, 0.1) is 7.11 Å². The third-order valence-electron chi connectivity index (χ3n) is 3.88. The largest absolute Gasteiger partial charge is 0.497 e. The maximum atomic E-state index is 12.2. The highest BCUT2D eigenvalue weighted by Gasteiger charge is 2.13. The molecule has 27 heavy (non-hydrogen) atoms. The minimum atomic E-state index is -0.293. The van der Waals surface area contributed by atoms with E-state index in [0.29, 0.717) is 23.0 Å². The molecule has 1 heterocycles. The van der Waals surface area contributed by atoms with E-state index in [4.69, 9.17) is 4.74 Å². The number of amides is 2. The fraction of sp³-hybridized carbons (Fsp3) is 0.150. The van der Waals surface area contributed by atoms with E-state index in [1.807, 2.05) is 31.2 Å².